The predicted octanol–water partition coefficient (Wildman–Crippen LogP) is 5.71. The summed E-state index contributed by atoms with van der Waals surface area (Å²) in [5.41, 5.74) is 3.15. The summed E-state index contributed by atoms with van der Waals surface area (Å²) in [6, 6.07) is 29.7. The van der Waals surface area contributed by atoms with Crippen molar-refractivity contribution in [1.82, 2.24) is 15.0 Å². The van der Waals surface area contributed by atoms with Crippen LogP contribution in [0.3, 0.4) is 0 Å². The second kappa shape index (κ2) is 9.74. The van der Waals surface area contributed by atoms with Gasteiger partial charge in [-0.15, -0.1) is 15.0 Å². The molecule has 0 saturated carbocycles. The molecule has 4 aromatic carbocycles. The van der Waals surface area contributed by atoms with E-state index < -0.39 is 5.97 Å². The first kappa shape index (κ1) is 22.8. The quantitative estimate of drug-likeness (QED) is 0.146. The third-order valence-corrected chi connectivity index (χ3v) is 5.64. The van der Waals surface area contributed by atoms with Crippen LogP contribution in [0.15, 0.2) is 103 Å². The first-order valence-corrected chi connectivity index (χ1v) is 11.2. The van der Waals surface area contributed by atoms with Gasteiger partial charge < -0.3 is 9.84 Å². The lowest BCUT2D eigenvalue weighted by Crippen LogP contribution is -2.13. The molecule has 1 heterocycles. The standard InChI is InChI=1S/C28H17ClN4O3/c29-20-11-13-23-24(15-20)32-33(31-23)25-14-12-21(16-26(25)34)36-28(35)22(17-30)27(18-7-3-1-4-8-18)19-9-5-2-6-10-19/h1-16,34H. The summed E-state index contributed by atoms with van der Waals surface area (Å²) in [5, 5.41) is 29.7. The summed E-state index contributed by atoms with van der Waals surface area (Å²) in [5.74, 6) is -0.986. The topological polar surface area (TPSA) is 101 Å². The monoisotopic (exact) mass is 492 g/mol. The zero-order chi connectivity index (χ0) is 25.1. The van der Waals surface area contributed by atoms with Crippen LogP contribution in [0.1, 0.15) is 11.1 Å². The van der Waals surface area contributed by atoms with Crippen LogP contribution in [-0.4, -0.2) is 26.1 Å². The molecular weight excluding hydrogens is 476 g/mol. The number of rotatable bonds is 5. The Morgan fingerprint density at radius 2 is 1.50 bits per heavy atom. The molecule has 0 atom stereocenters. The van der Waals surface area contributed by atoms with Crippen molar-refractivity contribution >= 4 is 34.2 Å². The fourth-order valence-electron chi connectivity index (χ4n) is 3.76. The maximum absolute atomic E-state index is 13.1. The zero-order valence-electron chi connectivity index (χ0n) is 18.7. The Labute approximate surface area is 211 Å². The SMILES string of the molecule is N#CC(C(=O)Oc1ccc(-n2nc3ccc(Cl)cc3n2)c(O)c1)=C(c1ccccc1)c1ccccc1. The number of nitriles is 1. The lowest BCUT2D eigenvalue weighted by Gasteiger charge is -2.12. The van der Waals surface area contributed by atoms with Gasteiger partial charge in [-0.25, -0.2) is 4.79 Å². The highest BCUT2D eigenvalue weighted by Crippen LogP contribution is 2.30. The maximum atomic E-state index is 13.1. The smallest absolute Gasteiger partial charge is 0.354 e. The summed E-state index contributed by atoms with van der Waals surface area (Å²) in [6.07, 6.45) is 0. The molecule has 0 bridgehead atoms. The number of phenolic OH excluding ortho intramolecular Hbond substituents is 1. The summed E-state index contributed by atoms with van der Waals surface area (Å²) in [6.45, 7) is 0. The van der Waals surface area contributed by atoms with Crippen molar-refractivity contribution in [1.29, 1.82) is 5.26 Å². The van der Waals surface area contributed by atoms with E-state index in [1.54, 1.807) is 18.2 Å². The van der Waals surface area contributed by atoms with Gasteiger partial charge in [0.25, 0.3) is 0 Å². The van der Waals surface area contributed by atoms with E-state index in [9.17, 15) is 15.2 Å². The summed E-state index contributed by atoms with van der Waals surface area (Å²) in [4.78, 5) is 14.4. The van der Waals surface area contributed by atoms with Crippen molar-refractivity contribution < 1.29 is 14.6 Å². The number of fused-ring (bicyclic) bond motifs is 1. The molecule has 0 aliphatic rings. The third-order valence-electron chi connectivity index (χ3n) is 5.41. The van der Waals surface area contributed by atoms with Gasteiger partial charge in [0.2, 0.25) is 0 Å². The largest absolute Gasteiger partial charge is 0.505 e. The molecule has 7 nitrogen and oxygen atoms in total. The Bertz CT molecular complexity index is 1610. The lowest BCUT2D eigenvalue weighted by molar-refractivity contribution is -0.129. The minimum atomic E-state index is -0.843. The number of halogens is 1. The first-order chi connectivity index (χ1) is 17.5. The number of aromatic hydroxyl groups is 1. The van der Waals surface area contributed by atoms with Gasteiger partial charge in [0.05, 0.1) is 0 Å². The molecule has 5 aromatic rings. The second-order valence-electron chi connectivity index (χ2n) is 7.76. The van der Waals surface area contributed by atoms with Gasteiger partial charge in [-0.1, -0.05) is 72.3 Å². The van der Waals surface area contributed by atoms with Crippen LogP contribution in [0.25, 0.3) is 22.3 Å². The molecule has 0 spiro atoms. The average Bonchev–Trinajstić information content (AvgIpc) is 3.31. The number of hydrogen-bond acceptors (Lipinski definition) is 6. The minimum absolute atomic E-state index is 0.0641. The summed E-state index contributed by atoms with van der Waals surface area (Å²) >= 11 is 6.01. The summed E-state index contributed by atoms with van der Waals surface area (Å²) in [7, 11) is 0. The zero-order valence-corrected chi connectivity index (χ0v) is 19.4. The fraction of sp³-hybridized carbons (Fsp3) is 0. The number of ether oxygens (including phenoxy) is 1. The molecule has 5 rings (SSSR count). The molecular formula is C28H17ClN4O3. The van der Waals surface area contributed by atoms with Crippen LogP contribution in [0, 0.1) is 11.3 Å². The van der Waals surface area contributed by atoms with Crippen LogP contribution < -0.4 is 4.74 Å². The van der Waals surface area contributed by atoms with Gasteiger partial charge in [0.15, 0.2) is 0 Å². The predicted molar refractivity (Wildman–Crippen MR) is 136 cm³/mol. The fourth-order valence-corrected chi connectivity index (χ4v) is 3.92. The average molecular weight is 493 g/mol. The van der Waals surface area contributed by atoms with Crippen LogP contribution in [-0.2, 0) is 4.79 Å². The molecule has 0 fully saturated rings. The van der Waals surface area contributed by atoms with Gasteiger partial charge >= 0.3 is 5.97 Å². The number of phenols is 1. The molecule has 0 unspecified atom stereocenters. The Kier molecular flexibility index (Phi) is 6.18. The lowest BCUT2D eigenvalue weighted by atomic mass is 9.93. The Morgan fingerprint density at radius 1 is 0.861 bits per heavy atom. The van der Waals surface area contributed by atoms with Crippen LogP contribution >= 0.6 is 11.6 Å². The van der Waals surface area contributed by atoms with Crippen LogP contribution in [0.2, 0.25) is 5.02 Å². The molecule has 8 heteroatoms. The highest BCUT2D eigenvalue weighted by molar-refractivity contribution is 6.31. The van der Waals surface area contributed by atoms with E-state index in [2.05, 4.69) is 10.2 Å². The first-order valence-electron chi connectivity index (χ1n) is 10.9. The number of aromatic nitrogens is 3. The van der Waals surface area contributed by atoms with E-state index in [0.717, 1.165) is 0 Å². The van der Waals surface area contributed by atoms with Crippen molar-refractivity contribution in [2.24, 2.45) is 0 Å². The number of hydrogen-bond donors (Lipinski definition) is 1. The minimum Gasteiger partial charge on any atom is -0.505 e. The van der Waals surface area contributed by atoms with Crippen molar-refractivity contribution in [3.8, 4) is 23.3 Å². The Morgan fingerprint density at radius 3 is 2.11 bits per heavy atom. The summed E-state index contributed by atoms with van der Waals surface area (Å²) < 4.78 is 5.49. The van der Waals surface area contributed by atoms with Crippen LogP contribution in [0.4, 0.5) is 0 Å². The normalized spacial score (nSPS) is 10.6. The molecule has 1 aromatic heterocycles. The highest BCUT2D eigenvalue weighted by atomic mass is 35.5. The number of carbonyl (C=O) groups is 1. The van der Waals surface area contributed by atoms with Crippen LogP contribution in [0.5, 0.6) is 11.5 Å². The molecule has 0 aliphatic heterocycles. The van der Waals surface area contributed by atoms with Crippen molar-refractivity contribution in [2.75, 3.05) is 0 Å². The van der Waals surface area contributed by atoms with Crippen molar-refractivity contribution in [2.45, 2.75) is 0 Å². The number of carbonyl (C=O) groups excluding carboxylic acids is 1. The Balaban J connectivity index is 1.48. The van der Waals surface area contributed by atoms with E-state index >= 15 is 0 Å². The van der Waals surface area contributed by atoms with Crippen molar-refractivity contribution in [3.05, 3.63) is 119 Å². The molecule has 1 N–H and O–H groups in total. The maximum Gasteiger partial charge on any atom is 0.354 e. The van der Waals surface area contributed by atoms with E-state index in [-0.39, 0.29) is 22.8 Å². The van der Waals surface area contributed by atoms with E-state index in [0.29, 0.717) is 32.8 Å². The molecule has 0 radical (unpaired) electrons. The van der Waals surface area contributed by atoms with E-state index in [4.69, 9.17) is 16.3 Å². The van der Waals surface area contributed by atoms with Gasteiger partial charge in [0, 0.05) is 16.7 Å². The third kappa shape index (κ3) is 4.53. The molecule has 0 aliphatic carbocycles. The number of esters is 1. The molecule has 0 saturated heterocycles. The van der Waals surface area contributed by atoms with Gasteiger partial charge in [-0.3, -0.25) is 0 Å². The van der Waals surface area contributed by atoms with Gasteiger partial charge in [-0.2, -0.15) is 5.26 Å². The van der Waals surface area contributed by atoms with Crippen molar-refractivity contribution in [3.63, 3.8) is 0 Å². The van der Waals surface area contributed by atoms with Gasteiger partial charge in [-0.05, 0) is 41.5 Å². The molecule has 174 valence electrons. The molecule has 0 amide bonds. The Hall–Kier alpha value is -4.93. The second-order valence-corrected chi connectivity index (χ2v) is 8.19. The van der Waals surface area contributed by atoms with E-state index in [1.165, 1.54) is 23.0 Å². The van der Waals surface area contributed by atoms with Gasteiger partial charge in [0.1, 0.15) is 39.9 Å². The van der Waals surface area contributed by atoms with E-state index in [1.807, 2.05) is 66.7 Å². The number of benzene rings is 4. The highest BCUT2D eigenvalue weighted by Gasteiger charge is 2.21. The molecule has 36 heavy (non-hydrogen) atoms. The number of nitrogens with zero attached hydrogens (tertiary/aromatic N) is 4.